The van der Waals surface area contributed by atoms with Gasteiger partial charge >= 0.3 is 0 Å². The summed E-state index contributed by atoms with van der Waals surface area (Å²) in [4.78, 5) is 12.1. The second-order valence-corrected chi connectivity index (χ2v) is 5.46. The number of hydrogen-bond donors (Lipinski definition) is 0. The SMILES string of the molecule is O=C(C=Cc1ccc2c(c1)CCCO2)c1ccc(Cl)cc1. The van der Waals surface area contributed by atoms with Crippen LogP contribution in [0.25, 0.3) is 6.08 Å². The number of carbonyl (C=O) groups excluding carboxylic acids is 1. The minimum Gasteiger partial charge on any atom is -0.493 e. The zero-order chi connectivity index (χ0) is 14.7. The summed E-state index contributed by atoms with van der Waals surface area (Å²) in [5.41, 5.74) is 2.86. The van der Waals surface area contributed by atoms with E-state index in [4.69, 9.17) is 16.3 Å². The van der Waals surface area contributed by atoms with E-state index in [1.165, 1.54) is 5.56 Å². The summed E-state index contributed by atoms with van der Waals surface area (Å²) < 4.78 is 5.58. The lowest BCUT2D eigenvalue weighted by Gasteiger charge is -2.17. The molecular weight excluding hydrogens is 284 g/mol. The summed E-state index contributed by atoms with van der Waals surface area (Å²) in [5.74, 6) is 0.933. The molecule has 0 saturated carbocycles. The van der Waals surface area contributed by atoms with Gasteiger partial charge in [-0.05, 0) is 66.4 Å². The third-order valence-corrected chi connectivity index (χ3v) is 3.74. The minimum atomic E-state index is -0.0272. The maximum absolute atomic E-state index is 12.1. The Hall–Kier alpha value is -2.06. The van der Waals surface area contributed by atoms with Crippen molar-refractivity contribution in [3.63, 3.8) is 0 Å². The molecule has 0 saturated heterocycles. The van der Waals surface area contributed by atoms with Gasteiger partial charge in [-0.3, -0.25) is 4.79 Å². The smallest absolute Gasteiger partial charge is 0.185 e. The first-order valence-corrected chi connectivity index (χ1v) is 7.34. The number of fused-ring (bicyclic) bond motifs is 1. The van der Waals surface area contributed by atoms with Crippen molar-refractivity contribution in [2.45, 2.75) is 12.8 Å². The van der Waals surface area contributed by atoms with E-state index in [1.54, 1.807) is 30.3 Å². The highest BCUT2D eigenvalue weighted by Crippen LogP contribution is 2.26. The molecule has 1 aliphatic heterocycles. The predicted molar refractivity (Wildman–Crippen MR) is 85.1 cm³/mol. The molecule has 2 nitrogen and oxygen atoms in total. The molecular formula is C18H15ClO2. The molecule has 0 amide bonds. The number of aryl methyl sites for hydroxylation is 1. The molecule has 1 aliphatic rings. The Kier molecular flexibility index (Phi) is 4.07. The Morgan fingerprint density at radius 1 is 1.14 bits per heavy atom. The third-order valence-electron chi connectivity index (χ3n) is 3.49. The number of carbonyl (C=O) groups is 1. The highest BCUT2D eigenvalue weighted by atomic mass is 35.5. The molecule has 21 heavy (non-hydrogen) atoms. The van der Waals surface area contributed by atoms with Crippen LogP contribution in [-0.2, 0) is 6.42 Å². The van der Waals surface area contributed by atoms with Gasteiger partial charge in [0, 0.05) is 10.6 Å². The summed E-state index contributed by atoms with van der Waals surface area (Å²) >= 11 is 5.82. The summed E-state index contributed by atoms with van der Waals surface area (Å²) in [6.07, 6.45) is 5.51. The lowest BCUT2D eigenvalue weighted by Crippen LogP contribution is -2.08. The highest BCUT2D eigenvalue weighted by molar-refractivity contribution is 6.30. The van der Waals surface area contributed by atoms with E-state index in [0.29, 0.717) is 10.6 Å². The number of ether oxygens (including phenoxy) is 1. The van der Waals surface area contributed by atoms with Gasteiger partial charge in [0.25, 0.3) is 0 Å². The third kappa shape index (κ3) is 3.34. The van der Waals surface area contributed by atoms with Gasteiger partial charge in [-0.25, -0.2) is 0 Å². The molecule has 106 valence electrons. The van der Waals surface area contributed by atoms with Gasteiger partial charge in [-0.2, -0.15) is 0 Å². The number of ketones is 1. The molecule has 0 aromatic heterocycles. The van der Waals surface area contributed by atoms with E-state index in [-0.39, 0.29) is 5.78 Å². The van der Waals surface area contributed by atoms with Gasteiger partial charge in [0.15, 0.2) is 5.78 Å². The van der Waals surface area contributed by atoms with Crippen LogP contribution >= 0.6 is 11.6 Å². The number of benzene rings is 2. The minimum absolute atomic E-state index is 0.0272. The van der Waals surface area contributed by atoms with E-state index < -0.39 is 0 Å². The van der Waals surface area contributed by atoms with Crippen LogP contribution in [0.1, 0.15) is 27.9 Å². The lowest BCUT2D eigenvalue weighted by atomic mass is 10.0. The van der Waals surface area contributed by atoms with Crippen LogP contribution in [0.2, 0.25) is 5.02 Å². The molecule has 0 spiro atoms. The zero-order valence-corrected chi connectivity index (χ0v) is 12.3. The average Bonchev–Trinajstić information content (AvgIpc) is 2.53. The van der Waals surface area contributed by atoms with Crippen LogP contribution in [0.15, 0.2) is 48.5 Å². The topological polar surface area (TPSA) is 26.3 Å². The fraction of sp³-hybridized carbons (Fsp3) is 0.167. The predicted octanol–water partition coefficient (Wildman–Crippen LogP) is 4.56. The molecule has 0 atom stereocenters. The second-order valence-electron chi connectivity index (χ2n) is 5.02. The Bertz CT molecular complexity index is 687. The first-order valence-electron chi connectivity index (χ1n) is 6.96. The standard InChI is InChI=1S/C18H15ClO2/c19-16-7-5-14(6-8-16)17(20)9-3-13-4-10-18-15(12-13)2-1-11-21-18/h3-10,12H,1-2,11H2. The Labute approximate surface area is 129 Å². The first-order chi connectivity index (χ1) is 10.2. The lowest BCUT2D eigenvalue weighted by molar-refractivity contribution is 0.104. The molecule has 3 rings (SSSR count). The fourth-order valence-electron chi connectivity index (χ4n) is 2.37. The number of rotatable bonds is 3. The Morgan fingerprint density at radius 3 is 2.76 bits per heavy atom. The van der Waals surface area contributed by atoms with Crippen molar-refractivity contribution in [3.8, 4) is 5.75 Å². The summed E-state index contributed by atoms with van der Waals surface area (Å²) in [5, 5.41) is 0.630. The largest absolute Gasteiger partial charge is 0.493 e. The van der Waals surface area contributed by atoms with Gasteiger partial charge in [0.1, 0.15) is 5.75 Å². The molecule has 1 heterocycles. The Balaban J connectivity index is 1.76. The van der Waals surface area contributed by atoms with Crippen LogP contribution in [0.3, 0.4) is 0 Å². The van der Waals surface area contributed by atoms with Gasteiger partial charge in [-0.15, -0.1) is 0 Å². The van der Waals surface area contributed by atoms with E-state index in [2.05, 4.69) is 6.07 Å². The van der Waals surface area contributed by atoms with Gasteiger partial charge in [-0.1, -0.05) is 23.7 Å². The van der Waals surface area contributed by atoms with Crippen molar-refractivity contribution >= 4 is 23.5 Å². The van der Waals surface area contributed by atoms with Crippen LogP contribution in [0, 0.1) is 0 Å². The number of hydrogen-bond acceptors (Lipinski definition) is 2. The monoisotopic (exact) mass is 298 g/mol. The molecule has 0 unspecified atom stereocenters. The van der Waals surface area contributed by atoms with Crippen LogP contribution < -0.4 is 4.74 Å². The van der Waals surface area contributed by atoms with E-state index >= 15 is 0 Å². The number of allylic oxidation sites excluding steroid dienone is 1. The molecule has 0 N–H and O–H groups in total. The molecule has 3 heteroatoms. The van der Waals surface area contributed by atoms with Crippen LogP contribution in [-0.4, -0.2) is 12.4 Å². The molecule has 0 radical (unpaired) electrons. The van der Waals surface area contributed by atoms with Crippen molar-refractivity contribution in [2.24, 2.45) is 0 Å². The highest BCUT2D eigenvalue weighted by Gasteiger charge is 2.09. The van der Waals surface area contributed by atoms with E-state index in [9.17, 15) is 4.79 Å². The van der Waals surface area contributed by atoms with E-state index in [1.807, 2.05) is 18.2 Å². The molecule has 2 aromatic rings. The van der Waals surface area contributed by atoms with Crippen LogP contribution in [0.5, 0.6) is 5.75 Å². The number of halogens is 1. The molecule has 2 aromatic carbocycles. The van der Waals surface area contributed by atoms with Crippen molar-refractivity contribution < 1.29 is 9.53 Å². The van der Waals surface area contributed by atoms with Gasteiger partial charge < -0.3 is 4.74 Å². The normalized spacial score (nSPS) is 13.8. The Morgan fingerprint density at radius 2 is 1.95 bits per heavy atom. The maximum Gasteiger partial charge on any atom is 0.185 e. The quantitative estimate of drug-likeness (QED) is 0.613. The fourth-order valence-corrected chi connectivity index (χ4v) is 2.49. The maximum atomic E-state index is 12.1. The van der Waals surface area contributed by atoms with Gasteiger partial charge in [0.2, 0.25) is 0 Å². The van der Waals surface area contributed by atoms with Crippen molar-refractivity contribution in [3.05, 3.63) is 70.3 Å². The molecule has 0 aliphatic carbocycles. The average molecular weight is 299 g/mol. The molecule has 0 bridgehead atoms. The van der Waals surface area contributed by atoms with Crippen molar-refractivity contribution in [1.82, 2.24) is 0 Å². The molecule has 0 fully saturated rings. The van der Waals surface area contributed by atoms with E-state index in [0.717, 1.165) is 30.8 Å². The van der Waals surface area contributed by atoms with Crippen molar-refractivity contribution in [2.75, 3.05) is 6.61 Å². The first kappa shape index (κ1) is 13.9. The van der Waals surface area contributed by atoms with Crippen LogP contribution in [0.4, 0.5) is 0 Å². The summed E-state index contributed by atoms with van der Waals surface area (Å²) in [7, 11) is 0. The summed E-state index contributed by atoms with van der Waals surface area (Å²) in [6, 6.07) is 12.9. The summed E-state index contributed by atoms with van der Waals surface area (Å²) in [6.45, 7) is 0.789. The van der Waals surface area contributed by atoms with Gasteiger partial charge in [0.05, 0.1) is 6.61 Å². The van der Waals surface area contributed by atoms with Crippen molar-refractivity contribution in [1.29, 1.82) is 0 Å². The second kappa shape index (κ2) is 6.15. The zero-order valence-electron chi connectivity index (χ0n) is 11.5.